The molecule has 21 heavy (non-hydrogen) atoms. The van der Waals surface area contributed by atoms with Crippen molar-refractivity contribution in [2.45, 2.75) is 25.3 Å². The lowest BCUT2D eigenvalue weighted by Crippen LogP contribution is -2.24. The van der Waals surface area contributed by atoms with Crippen LogP contribution in [0, 0.1) is 13.8 Å². The van der Waals surface area contributed by atoms with Crippen molar-refractivity contribution in [3.8, 4) is 0 Å². The number of nitrogen functional groups attached to an aromatic ring is 1. The maximum absolute atomic E-state index is 12.4. The number of hydrogen-bond acceptors (Lipinski definition) is 4. The Hall–Kier alpha value is -1.38. The minimum atomic E-state index is -3.62. The normalized spacial score (nSPS) is 11.8. The Morgan fingerprint density at radius 3 is 2.62 bits per heavy atom. The van der Waals surface area contributed by atoms with Crippen LogP contribution in [0.5, 0.6) is 0 Å². The number of aryl methyl sites for hydroxylation is 3. The Morgan fingerprint density at radius 2 is 2.05 bits per heavy atom. The van der Waals surface area contributed by atoms with Crippen LogP contribution in [-0.4, -0.2) is 18.2 Å². The summed E-state index contributed by atoms with van der Waals surface area (Å²) in [6, 6.07) is 3.15. The number of nitrogens with one attached hydrogen (secondary N) is 1. The molecule has 0 amide bonds. The maximum Gasteiger partial charge on any atom is 0.241 e. The molecule has 6 nitrogen and oxygen atoms in total. The van der Waals surface area contributed by atoms with E-state index in [1.807, 2.05) is 6.92 Å². The summed E-state index contributed by atoms with van der Waals surface area (Å²) in [7, 11) is -1.83. The topological polar surface area (TPSA) is 90.0 Å². The van der Waals surface area contributed by atoms with E-state index < -0.39 is 10.0 Å². The number of nitrogens with zero attached hydrogens (tertiary/aromatic N) is 2. The Bertz CT molecular complexity index is 784. The van der Waals surface area contributed by atoms with Gasteiger partial charge < -0.3 is 5.73 Å². The molecule has 3 N–H and O–H groups in total. The first-order valence-electron chi connectivity index (χ1n) is 6.25. The van der Waals surface area contributed by atoms with E-state index in [1.165, 1.54) is 6.07 Å². The number of sulfonamides is 1. The SMILES string of the molecule is Cc1cc(Br)c(N)cc1S(=O)(=O)NCc1cn(C)nc1C. The molecular formula is C13H17BrN4O2S. The highest BCUT2D eigenvalue weighted by Gasteiger charge is 2.19. The van der Waals surface area contributed by atoms with Crippen LogP contribution in [0.15, 0.2) is 27.7 Å². The van der Waals surface area contributed by atoms with Gasteiger partial charge in [-0.3, -0.25) is 4.68 Å². The first kappa shape index (κ1) is 16.0. The smallest absolute Gasteiger partial charge is 0.241 e. The van der Waals surface area contributed by atoms with E-state index in [9.17, 15) is 8.42 Å². The minimum absolute atomic E-state index is 0.185. The average molecular weight is 373 g/mol. The highest BCUT2D eigenvalue weighted by atomic mass is 79.9. The molecule has 0 aliphatic heterocycles. The van der Waals surface area contributed by atoms with E-state index in [-0.39, 0.29) is 11.4 Å². The zero-order valence-electron chi connectivity index (χ0n) is 12.0. The maximum atomic E-state index is 12.4. The van der Waals surface area contributed by atoms with E-state index in [2.05, 4.69) is 25.8 Å². The summed E-state index contributed by atoms with van der Waals surface area (Å²) in [5.41, 5.74) is 8.42. The summed E-state index contributed by atoms with van der Waals surface area (Å²) < 4.78 is 29.7. The van der Waals surface area contributed by atoms with Crippen molar-refractivity contribution in [3.05, 3.63) is 39.6 Å². The Morgan fingerprint density at radius 1 is 1.38 bits per heavy atom. The van der Waals surface area contributed by atoms with Crippen LogP contribution in [-0.2, 0) is 23.6 Å². The van der Waals surface area contributed by atoms with Gasteiger partial charge in [0.1, 0.15) is 0 Å². The molecule has 1 aromatic heterocycles. The second kappa shape index (κ2) is 5.78. The van der Waals surface area contributed by atoms with Gasteiger partial charge in [-0.2, -0.15) is 5.10 Å². The number of halogens is 1. The van der Waals surface area contributed by atoms with Gasteiger partial charge >= 0.3 is 0 Å². The highest BCUT2D eigenvalue weighted by Crippen LogP contribution is 2.26. The lowest BCUT2D eigenvalue weighted by molar-refractivity contribution is 0.580. The van der Waals surface area contributed by atoms with Crippen molar-refractivity contribution < 1.29 is 8.42 Å². The second-order valence-corrected chi connectivity index (χ2v) is 7.47. The largest absolute Gasteiger partial charge is 0.398 e. The summed E-state index contributed by atoms with van der Waals surface area (Å²) in [4.78, 5) is 0.185. The third-order valence-electron chi connectivity index (χ3n) is 3.15. The first-order chi connectivity index (χ1) is 9.70. The van der Waals surface area contributed by atoms with Crippen molar-refractivity contribution in [2.75, 3.05) is 5.73 Å². The summed E-state index contributed by atoms with van der Waals surface area (Å²) in [5.74, 6) is 0. The summed E-state index contributed by atoms with van der Waals surface area (Å²) >= 11 is 3.28. The molecular weight excluding hydrogens is 356 g/mol. The van der Waals surface area contributed by atoms with Crippen molar-refractivity contribution >= 4 is 31.6 Å². The molecule has 114 valence electrons. The number of aromatic nitrogens is 2. The van der Waals surface area contributed by atoms with Gasteiger partial charge in [-0.15, -0.1) is 0 Å². The standard InChI is InChI=1S/C13H17BrN4O2S/c1-8-4-11(14)12(15)5-13(8)21(19,20)16-6-10-7-18(3)17-9(10)2/h4-5,7,16H,6,15H2,1-3H3. The lowest BCUT2D eigenvalue weighted by atomic mass is 10.2. The molecule has 2 rings (SSSR count). The molecule has 0 unspecified atom stereocenters. The fourth-order valence-electron chi connectivity index (χ4n) is 2.03. The van der Waals surface area contributed by atoms with Crippen LogP contribution in [0.2, 0.25) is 0 Å². The summed E-state index contributed by atoms with van der Waals surface area (Å²) in [6.07, 6.45) is 1.79. The molecule has 8 heteroatoms. The minimum Gasteiger partial charge on any atom is -0.398 e. The molecule has 0 atom stereocenters. The molecule has 0 spiro atoms. The third-order valence-corrected chi connectivity index (χ3v) is 5.38. The number of nitrogens with two attached hydrogens (primary N) is 1. The van der Waals surface area contributed by atoms with Gasteiger partial charge in [-0.1, -0.05) is 0 Å². The predicted molar refractivity (Wildman–Crippen MR) is 85.3 cm³/mol. The van der Waals surface area contributed by atoms with Gasteiger partial charge in [0, 0.05) is 35.5 Å². The van der Waals surface area contributed by atoms with E-state index >= 15 is 0 Å². The van der Waals surface area contributed by atoms with E-state index in [0.717, 1.165) is 11.3 Å². The molecule has 0 aliphatic rings. The van der Waals surface area contributed by atoms with Crippen LogP contribution in [0.1, 0.15) is 16.8 Å². The van der Waals surface area contributed by atoms with Crippen molar-refractivity contribution in [1.82, 2.24) is 14.5 Å². The Labute approximate surface area is 132 Å². The molecule has 2 aromatic rings. The van der Waals surface area contributed by atoms with Gasteiger partial charge in [-0.05, 0) is 47.5 Å². The molecule has 0 saturated heterocycles. The van der Waals surface area contributed by atoms with Gasteiger partial charge in [0.05, 0.1) is 10.6 Å². The van der Waals surface area contributed by atoms with E-state index in [0.29, 0.717) is 15.7 Å². The van der Waals surface area contributed by atoms with Crippen LogP contribution in [0.4, 0.5) is 5.69 Å². The van der Waals surface area contributed by atoms with Crippen molar-refractivity contribution in [1.29, 1.82) is 0 Å². The fourth-order valence-corrected chi connectivity index (χ4v) is 3.75. The van der Waals surface area contributed by atoms with Crippen molar-refractivity contribution in [2.24, 2.45) is 7.05 Å². The van der Waals surface area contributed by atoms with E-state index in [1.54, 1.807) is 30.9 Å². The summed E-state index contributed by atoms with van der Waals surface area (Å²) in [6.45, 7) is 3.76. The molecule has 0 saturated carbocycles. The van der Waals surface area contributed by atoms with E-state index in [4.69, 9.17) is 5.73 Å². The van der Waals surface area contributed by atoms with Gasteiger partial charge in [0.2, 0.25) is 10.0 Å². The first-order valence-corrected chi connectivity index (χ1v) is 8.52. The molecule has 1 heterocycles. The molecule has 0 fully saturated rings. The number of anilines is 1. The number of benzene rings is 1. The zero-order chi connectivity index (χ0) is 15.8. The quantitative estimate of drug-likeness (QED) is 0.801. The van der Waals surface area contributed by atoms with Gasteiger partial charge in [0.25, 0.3) is 0 Å². The van der Waals surface area contributed by atoms with Gasteiger partial charge in [-0.25, -0.2) is 13.1 Å². The average Bonchev–Trinajstić information content (AvgIpc) is 2.70. The van der Waals surface area contributed by atoms with Crippen molar-refractivity contribution in [3.63, 3.8) is 0 Å². The van der Waals surface area contributed by atoms with Crippen LogP contribution in [0.25, 0.3) is 0 Å². The molecule has 1 aromatic carbocycles. The fraction of sp³-hybridized carbons (Fsp3) is 0.308. The Kier molecular flexibility index (Phi) is 4.40. The second-order valence-electron chi connectivity index (χ2n) is 4.88. The molecule has 0 aliphatic carbocycles. The molecule has 0 radical (unpaired) electrons. The Balaban J connectivity index is 2.27. The predicted octanol–water partition coefficient (Wildman–Crippen LogP) is 1.86. The van der Waals surface area contributed by atoms with Crippen LogP contribution >= 0.6 is 15.9 Å². The van der Waals surface area contributed by atoms with Crippen LogP contribution < -0.4 is 10.5 Å². The van der Waals surface area contributed by atoms with Gasteiger partial charge in [0.15, 0.2) is 0 Å². The highest BCUT2D eigenvalue weighted by molar-refractivity contribution is 9.10. The zero-order valence-corrected chi connectivity index (χ0v) is 14.4. The third kappa shape index (κ3) is 3.45. The number of hydrogen-bond donors (Lipinski definition) is 2. The summed E-state index contributed by atoms with van der Waals surface area (Å²) in [5, 5.41) is 4.18. The molecule has 0 bridgehead atoms. The lowest BCUT2D eigenvalue weighted by Gasteiger charge is -2.11. The number of rotatable bonds is 4. The monoisotopic (exact) mass is 372 g/mol. The van der Waals surface area contributed by atoms with Crippen LogP contribution in [0.3, 0.4) is 0 Å².